The van der Waals surface area contributed by atoms with Crippen molar-refractivity contribution in [3.8, 4) is 11.1 Å². The van der Waals surface area contributed by atoms with Crippen molar-refractivity contribution in [2.45, 2.75) is 6.92 Å². The molecule has 0 fully saturated rings. The molecule has 4 nitrogen and oxygen atoms in total. The number of carbonyl (C=O) groups excluding carboxylic acids is 1. The third kappa shape index (κ3) is 2.22. The van der Waals surface area contributed by atoms with Gasteiger partial charge in [-0.25, -0.2) is 4.79 Å². The summed E-state index contributed by atoms with van der Waals surface area (Å²) in [6.45, 7) is 2.01. The van der Waals surface area contributed by atoms with Crippen molar-refractivity contribution in [2.24, 2.45) is 0 Å². The smallest absolute Gasteiger partial charge is 0.342 e. The van der Waals surface area contributed by atoms with E-state index in [4.69, 9.17) is 22.1 Å². The Bertz CT molecular complexity index is 863. The molecule has 0 saturated heterocycles. The maximum Gasteiger partial charge on any atom is 0.342 e. The zero-order valence-electron chi connectivity index (χ0n) is 12.2. The summed E-state index contributed by atoms with van der Waals surface area (Å²) in [5.74, 6) is -0.152. The standard InChI is InChI=1S/C17H15ClN2O2/c1-9-4-3-5-12(18)14(9)10-6-7-11-13(8-10)20-16(19)15(11)17(21)22-2/h3-8,20H,19H2,1-2H3. The number of H-pyrrole nitrogens is 1. The molecule has 22 heavy (non-hydrogen) atoms. The number of rotatable bonds is 2. The summed E-state index contributed by atoms with van der Waals surface area (Å²) in [7, 11) is 1.34. The van der Waals surface area contributed by atoms with Crippen LogP contribution in [0.3, 0.4) is 0 Å². The van der Waals surface area contributed by atoms with Gasteiger partial charge in [0.25, 0.3) is 0 Å². The van der Waals surface area contributed by atoms with Crippen molar-refractivity contribution >= 4 is 34.3 Å². The van der Waals surface area contributed by atoms with E-state index in [0.717, 1.165) is 27.6 Å². The van der Waals surface area contributed by atoms with Gasteiger partial charge in [0.1, 0.15) is 11.4 Å². The average Bonchev–Trinajstić information content (AvgIpc) is 2.81. The molecule has 3 N–H and O–H groups in total. The number of hydrogen-bond acceptors (Lipinski definition) is 3. The maximum atomic E-state index is 11.8. The van der Waals surface area contributed by atoms with Crippen LogP contribution in [0.1, 0.15) is 15.9 Å². The van der Waals surface area contributed by atoms with E-state index in [1.54, 1.807) is 0 Å². The Morgan fingerprint density at radius 3 is 2.73 bits per heavy atom. The molecule has 0 unspecified atom stereocenters. The molecule has 0 aliphatic heterocycles. The predicted octanol–water partition coefficient (Wildman–Crippen LogP) is 4.17. The largest absolute Gasteiger partial charge is 0.465 e. The highest BCUT2D eigenvalue weighted by molar-refractivity contribution is 6.33. The van der Waals surface area contributed by atoms with Crippen LogP contribution in [0.15, 0.2) is 36.4 Å². The van der Waals surface area contributed by atoms with Crippen LogP contribution in [-0.2, 0) is 4.74 Å². The van der Waals surface area contributed by atoms with Crippen molar-refractivity contribution in [1.29, 1.82) is 0 Å². The number of hydrogen-bond donors (Lipinski definition) is 2. The summed E-state index contributed by atoms with van der Waals surface area (Å²) in [6, 6.07) is 11.5. The molecule has 0 aliphatic rings. The third-order valence-corrected chi connectivity index (χ3v) is 4.04. The molecule has 0 bridgehead atoms. The fraction of sp³-hybridized carbons (Fsp3) is 0.118. The van der Waals surface area contributed by atoms with E-state index in [1.807, 2.05) is 43.3 Å². The third-order valence-electron chi connectivity index (χ3n) is 3.73. The second-order valence-corrected chi connectivity index (χ2v) is 5.50. The first kappa shape index (κ1) is 14.5. The molecule has 1 heterocycles. The van der Waals surface area contributed by atoms with E-state index in [0.29, 0.717) is 16.4 Å². The van der Waals surface area contributed by atoms with Gasteiger partial charge in [0.15, 0.2) is 0 Å². The highest BCUT2D eigenvalue weighted by atomic mass is 35.5. The van der Waals surface area contributed by atoms with Gasteiger partial charge in [0, 0.05) is 21.5 Å². The number of fused-ring (bicyclic) bond motifs is 1. The molecular weight excluding hydrogens is 300 g/mol. The van der Waals surface area contributed by atoms with Gasteiger partial charge in [-0.15, -0.1) is 0 Å². The summed E-state index contributed by atoms with van der Waals surface area (Å²) in [5, 5.41) is 1.42. The number of aromatic amines is 1. The lowest BCUT2D eigenvalue weighted by molar-refractivity contribution is 0.0604. The molecule has 0 saturated carbocycles. The van der Waals surface area contributed by atoms with Gasteiger partial charge >= 0.3 is 5.97 Å². The van der Waals surface area contributed by atoms with E-state index in [1.165, 1.54) is 7.11 Å². The molecule has 112 valence electrons. The first-order chi connectivity index (χ1) is 10.5. The zero-order valence-corrected chi connectivity index (χ0v) is 13.0. The second-order valence-electron chi connectivity index (χ2n) is 5.10. The number of nitrogen functional groups attached to an aromatic ring is 1. The van der Waals surface area contributed by atoms with Gasteiger partial charge in [-0.1, -0.05) is 35.9 Å². The maximum absolute atomic E-state index is 11.8. The number of benzene rings is 2. The molecule has 0 aliphatic carbocycles. The minimum Gasteiger partial charge on any atom is -0.465 e. The molecule has 0 radical (unpaired) electrons. The summed E-state index contributed by atoms with van der Waals surface area (Å²) < 4.78 is 4.78. The number of carbonyl (C=O) groups is 1. The number of nitrogens with two attached hydrogens (primary N) is 1. The van der Waals surface area contributed by atoms with Crippen molar-refractivity contribution in [2.75, 3.05) is 12.8 Å². The van der Waals surface area contributed by atoms with Crippen molar-refractivity contribution in [1.82, 2.24) is 4.98 Å². The lowest BCUT2D eigenvalue weighted by atomic mass is 9.99. The molecule has 0 atom stereocenters. The van der Waals surface area contributed by atoms with Gasteiger partial charge in [0.2, 0.25) is 0 Å². The number of anilines is 1. The van der Waals surface area contributed by atoms with Gasteiger partial charge in [-0.2, -0.15) is 0 Å². The predicted molar refractivity (Wildman–Crippen MR) is 89.2 cm³/mol. The summed E-state index contributed by atoms with van der Waals surface area (Å²) in [6.07, 6.45) is 0. The van der Waals surface area contributed by atoms with Crippen LogP contribution in [0.5, 0.6) is 0 Å². The number of halogens is 1. The number of esters is 1. The van der Waals surface area contributed by atoms with Crippen LogP contribution in [-0.4, -0.2) is 18.1 Å². The van der Waals surface area contributed by atoms with Gasteiger partial charge < -0.3 is 15.5 Å². The molecule has 0 amide bonds. The Morgan fingerprint density at radius 1 is 1.27 bits per heavy atom. The molecule has 3 rings (SSSR count). The number of aromatic nitrogens is 1. The van der Waals surface area contributed by atoms with E-state index in [2.05, 4.69) is 4.98 Å². The Morgan fingerprint density at radius 2 is 2.05 bits per heavy atom. The molecular formula is C17H15ClN2O2. The Kier molecular flexibility index (Phi) is 3.54. The van der Waals surface area contributed by atoms with E-state index in [-0.39, 0.29) is 0 Å². The first-order valence-electron chi connectivity index (χ1n) is 6.78. The van der Waals surface area contributed by atoms with Crippen LogP contribution in [0.2, 0.25) is 5.02 Å². The Labute approximate surface area is 132 Å². The summed E-state index contributed by atoms with van der Waals surface area (Å²) in [5.41, 5.74) is 10.0. The lowest BCUT2D eigenvalue weighted by Gasteiger charge is -2.08. The normalized spacial score (nSPS) is 10.9. The van der Waals surface area contributed by atoms with Crippen LogP contribution >= 0.6 is 11.6 Å². The first-order valence-corrected chi connectivity index (χ1v) is 7.15. The topological polar surface area (TPSA) is 68.1 Å². The van der Waals surface area contributed by atoms with Gasteiger partial charge in [-0.3, -0.25) is 0 Å². The molecule has 1 aromatic heterocycles. The minimum absolute atomic E-state index is 0.301. The average molecular weight is 315 g/mol. The van der Waals surface area contributed by atoms with Crippen molar-refractivity contribution < 1.29 is 9.53 Å². The molecule has 5 heteroatoms. The highest BCUT2D eigenvalue weighted by Crippen LogP contribution is 2.34. The quantitative estimate of drug-likeness (QED) is 0.698. The summed E-state index contributed by atoms with van der Waals surface area (Å²) in [4.78, 5) is 14.9. The van der Waals surface area contributed by atoms with Crippen LogP contribution < -0.4 is 5.73 Å². The van der Waals surface area contributed by atoms with E-state index < -0.39 is 5.97 Å². The van der Waals surface area contributed by atoms with Gasteiger partial charge in [-0.05, 0) is 30.2 Å². The number of methoxy groups -OCH3 is 1. The molecule has 0 spiro atoms. The zero-order chi connectivity index (χ0) is 15.9. The lowest BCUT2D eigenvalue weighted by Crippen LogP contribution is -2.03. The van der Waals surface area contributed by atoms with Crippen LogP contribution in [0.25, 0.3) is 22.0 Å². The molecule has 2 aromatic carbocycles. The van der Waals surface area contributed by atoms with Crippen molar-refractivity contribution in [3.05, 3.63) is 52.5 Å². The fourth-order valence-corrected chi connectivity index (χ4v) is 3.02. The fourth-order valence-electron chi connectivity index (χ4n) is 2.69. The number of aryl methyl sites for hydroxylation is 1. The number of ether oxygens (including phenoxy) is 1. The minimum atomic E-state index is -0.453. The monoisotopic (exact) mass is 314 g/mol. The highest BCUT2D eigenvalue weighted by Gasteiger charge is 2.18. The Balaban J connectivity index is 2.22. The van der Waals surface area contributed by atoms with Gasteiger partial charge in [0.05, 0.1) is 7.11 Å². The second kappa shape index (κ2) is 5.39. The van der Waals surface area contributed by atoms with Crippen molar-refractivity contribution in [3.63, 3.8) is 0 Å². The van der Waals surface area contributed by atoms with Crippen LogP contribution in [0.4, 0.5) is 5.82 Å². The van der Waals surface area contributed by atoms with E-state index in [9.17, 15) is 4.79 Å². The molecule has 3 aromatic rings. The van der Waals surface area contributed by atoms with E-state index >= 15 is 0 Å². The SMILES string of the molecule is COC(=O)c1c(N)[nH]c2cc(-c3c(C)cccc3Cl)ccc12. The Hall–Kier alpha value is -2.46. The van der Waals surface area contributed by atoms with Crippen LogP contribution in [0, 0.1) is 6.92 Å². The number of nitrogens with one attached hydrogen (secondary N) is 1. The summed E-state index contributed by atoms with van der Waals surface area (Å²) >= 11 is 6.32.